The Morgan fingerprint density at radius 3 is 2.45 bits per heavy atom. The summed E-state index contributed by atoms with van der Waals surface area (Å²) in [5.41, 5.74) is 2.03. The van der Waals surface area contributed by atoms with Gasteiger partial charge in [0.05, 0.1) is 11.6 Å². The maximum Gasteiger partial charge on any atom is 0.416 e. The monoisotopic (exact) mass is 459 g/mol. The fourth-order valence-electron chi connectivity index (χ4n) is 3.43. The van der Waals surface area contributed by atoms with E-state index in [1.165, 1.54) is 12.1 Å². The summed E-state index contributed by atoms with van der Waals surface area (Å²) in [6.07, 6.45) is -0.700. The summed E-state index contributed by atoms with van der Waals surface area (Å²) in [5, 5.41) is 4.38. The first-order valence-electron chi connectivity index (χ1n) is 8.92. The molecule has 2 aromatic heterocycles. The number of aryl methyl sites for hydroxylation is 1. The molecule has 2 heterocycles. The van der Waals surface area contributed by atoms with Gasteiger partial charge in [-0.25, -0.2) is 4.98 Å². The van der Waals surface area contributed by atoms with Crippen LogP contribution in [0, 0.1) is 0 Å². The van der Waals surface area contributed by atoms with Crippen LogP contribution in [0.4, 0.5) is 19.0 Å². The van der Waals surface area contributed by atoms with Crippen molar-refractivity contribution in [2.45, 2.75) is 12.2 Å². The van der Waals surface area contributed by atoms with E-state index in [1.807, 2.05) is 54.2 Å². The van der Waals surface area contributed by atoms with Crippen LogP contribution in [0.25, 0.3) is 10.9 Å². The third-order valence-electron chi connectivity index (χ3n) is 4.82. The van der Waals surface area contributed by atoms with E-state index >= 15 is 0 Å². The van der Waals surface area contributed by atoms with Crippen molar-refractivity contribution in [2.24, 2.45) is 7.05 Å². The highest BCUT2D eigenvalue weighted by Crippen LogP contribution is 2.36. The second-order valence-electron chi connectivity index (χ2n) is 6.77. The molecule has 0 aliphatic carbocycles. The Morgan fingerprint density at radius 1 is 1.03 bits per heavy atom. The number of hydrogen-bond acceptors (Lipinski definition) is 2. The molecule has 0 fully saturated rings. The minimum absolute atomic E-state index is 0.370. The van der Waals surface area contributed by atoms with Gasteiger partial charge >= 0.3 is 6.18 Å². The largest absolute Gasteiger partial charge is 0.416 e. The lowest BCUT2D eigenvalue weighted by Gasteiger charge is -2.20. The Balaban J connectivity index is 1.84. The fourth-order valence-corrected chi connectivity index (χ4v) is 3.79. The van der Waals surface area contributed by atoms with Crippen molar-refractivity contribution in [1.82, 2.24) is 9.55 Å². The molecule has 1 unspecified atom stereocenters. The number of anilines is 1. The molecule has 0 saturated carbocycles. The Bertz CT molecular complexity index is 1140. The van der Waals surface area contributed by atoms with Gasteiger partial charge in [0.15, 0.2) is 0 Å². The molecular weight excluding hydrogens is 443 g/mol. The normalized spacial score (nSPS) is 12.9. The first kappa shape index (κ1) is 19.5. The molecule has 0 aliphatic heterocycles. The smallest absolute Gasteiger partial charge is 0.359 e. The standard InChI is InChI=1S/C22H17BrF3N3/c1-29-13-18(17-12-16(23)9-10-19(17)29)21(28-20-4-2-3-11-27-20)14-5-7-15(8-6-14)22(24,25)26/h2-13,21H,1H3,(H,27,28). The quantitative estimate of drug-likeness (QED) is 0.374. The van der Waals surface area contributed by atoms with Crippen molar-refractivity contribution in [2.75, 3.05) is 5.32 Å². The average Bonchev–Trinajstić information content (AvgIpc) is 3.02. The molecule has 29 heavy (non-hydrogen) atoms. The first-order chi connectivity index (χ1) is 13.8. The highest BCUT2D eigenvalue weighted by molar-refractivity contribution is 9.10. The number of aromatic nitrogens is 2. The zero-order valence-electron chi connectivity index (χ0n) is 15.4. The van der Waals surface area contributed by atoms with E-state index in [2.05, 4.69) is 26.2 Å². The van der Waals surface area contributed by atoms with Gasteiger partial charge in [0.1, 0.15) is 5.82 Å². The Kier molecular flexibility index (Phi) is 5.08. The van der Waals surface area contributed by atoms with Crippen molar-refractivity contribution in [3.05, 3.63) is 94.2 Å². The maximum absolute atomic E-state index is 13.0. The molecule has 0 radical (unpaired) electrons. The summed E-state index contributed by atoms with van der Waals surface area (Å²) in [4.78, 5) is 4.32. The average molecular weight is 460 g/mol. The van der Waals surface area contributed by atoms with Gasteiger partial charge in [0.2, 0.25) is 0 Å². The fraction of sp³-hybridized carbons (Fsp3) is 0.136. The van der Waals surface area contributed by atoms with Gasteiger partial charge in [0.25, 0.3) is 0 Å². The SMILES string of the molecule is Cn1cc(C(Nc2ccccn2)c2ccc(C(F)(F)F)cc2)c2cc(Br)ccc21. The number of pyridine rings is 1. The third kappa shape index (κ3) is 4.00. The number of nitrogens with one attached hydrogen (secondary N) is 1. The van der Waals surface area contributed by atoms with Crippen molar-refractivity contribution in [3.63, 3.8) is 0 Å². The minimum Gasteiger partial charge on any atom is -0.359 e. The number of fused-ring (bicyclic) bond motifs is 1. The molecule has 148 valence electrons. The second-order valence-corrected chi connectivity index (χ2v) is 7.68. The van der Waals surface area contributed by atoms with Crippen LogP contribution < -0.4 is 5.32 Å². The maximum atomic E-state index is 13.0. The lowest BCUT2D eigenvalue weighted by Crippen LogP contribution is -2.14. The highest BCUT2D eigenvalue weighted by atomic mass is 79.9. The lowest BCUT2D eigenvalue weighted by atomic mass is 9.97. The van der Waals surface area contributed by atoms with E-state index in [9.17, 15) is 13.2 Å². The van der Waals surface area contributed by atoms with Crippen molar-refractivity contribution in [1.29, 1.82) is 0 Å². The van der Waals surface area contributed by atoms with Crippen LogP contribution in [0.3, 0.4) is 0 Å². The predicted octanol–water partition coefficient (Wildman–Crippen LogP) is 6.56. The zero-order chi connectivity index (χ0) is 20.6. The number of hydrogen-bond donors (Lipinski definition) is 1. The van der Waals surface area contributed by atoms with Crippen LogP contribution in [-0.2, 0) is 13.2 Å². The molecule has 7 heteroatoms. The van der Waals surface area contributed by atoms with Gasteiger partial charge in [-0.2, -0.15) is 13.2 Å². The molecule has 3 nitrogen and oxygen atoms in total. The van der Waals surface area contributed by atoms with E-state index in [1.54, 1.807) is 6.20 Å². The molecule has 4 aromatic rings. The summed E-state index contributed by atoms with van der Waals surface area (Å²) in [5.74, 6) is 0.643. The van der Waals surface area contributed by atoms with Crippen LogP contribution in [0.15, 0.2) is 77.5 Å². The van der Waals surface area contributed by atoms with Crippen LogP contribution in [0.1, 0.15) is 22.7 Å². The third-order valence-corrected chi connectivity index (χ3v) is 5.32. The number of nitrogens with zero attached hydrogens (tertiary/aromatic N) is 2. The van der Waals surface area contributed by atoms with E-state index < -0.39 is 11.7 Å². The highest BCUT2D eigenvalue weighted by Gasteiger charge is 2.30. The lowest BCUT2D eigenvalue weighted by molar-refractivity contribution is -0.137. The number of alkyl halides is 3. The predicted molar refractivity (Wildman–Crippen MR) is 112 cm³/mol. The van der Waals surface area contributed by atoms with E-state index in [-0.39, 0.29) is 6.04 Å². The van der Waals surface area contributed by atoms with Gasteiger partial charge in [-0.1, -0.05) is 34.1 Å². The van der Waals surface area contributed by atoms with Crippen LogP contribution in [0.2, 0.25) is 0 Å². The molecule has 4 rings (SSSR count). The van der Waals surface area contributed by atoms with Crippen molar-refractivity contribution >= 4 is 32.7 Å². The van der Waals surface area contributed by atoms with E-state index in [0.717, 1.165) is 38.6 Å². The van der Waals surface area contributed by atoms with Crippen molar-refractivity contribution < 1.29 is 13.2 Å². The molecule has 1 N–H and O–H groups in total. The van der Waals surface area contributed by atoms with Gasteiger partial charge in [-0.05, 0) is 48.0 Å². The summed E-state index contributed by atoms with van der Waals surface area (Å²) < 4.78 is 42.0. The van der Waals surface area contributed by atoms with E-state index in [0.29, 0.717) is 5.82 Å². The summed E-state index contributed by atoms with van der Waals surface area (Å²) in [6, 6.07) is 16.4. The minimum atomic E-state index is -4.37. The first-order valence-corrected chi connectivity index (χ1v) is 9.71. The van der Waals surface area contributed by atoms with E-state index in [4.69, 9.17) is 0 Å². The summed E-state index contributed by atoms with van der Waals surface area (Å²) in [6.45, 7) is 0. The van der Waals surface area contributed by atoms with Crippen LogP contribution in [-0.4, -0.2) is 9.55 Å². The zero-order valence-corrected chi connectivity index (χ0v) is 17.0. The Hall–Kier alpha value is -2.80. The van der Waals surface area contributed by atoms with Gasteiger partial charge in [0, 0.05) is 40.4 Å². The molecule has 2 aromatic carbocycles. The van der Waals surface area contributed by atoms with Gasteiger partial charge in [-0.3, -0.25) is 0 Å². The molecular formula is C22H17BrF3N3. The Labute approximate surface area is 174 Å². The molecule has 1 atom stereocenters. The van der Waals surface area contributed by atoms with Gasteiger partial charge < -0.3 is 9.88 Å². The van der Waals surface area contributed by atoms with Crippen molar-refractivity contribution in [3.8, 4) is 0 Å². The number of benzene rings is 2. The molecule has 0 saturated heterocycles. The van der Waals surface area contributed by atoms with Crippen LogP contribution in [0.5, 0.6) is 0 Å². The number of halogens is 4. The van der Waals surface area contributed by atoms with Gasteiger partial charge in [-0.15, -0.1) is 0 Å². The Morgan fingerprint density at radius 2 is 1.79 bits per heavy atom. The molecule has 0 bridgehead atoms. The summed E-state index contributed by atoms with van der Waals surface area (Å²) >= 11 is 3.51. The summed E-state index contributed by atoms with van der Waals surface area (Å²) in [7, 11) is 1.95. The molecule has 0 spiro atoms. The number of rotatable bonds is 4. The second kappa shape index (κ2) is 7.55. The van der Waals surface area contributed by atoms with Crippen LogP contribution >= 0.6 is 15.9 Å². The molecule has 0 aliphatic rings. The molecule has 0 amide bonds. The topological polar surface area (TPSA) is 29.9 Å².